The van der Waals surface area contributed by atoms with Gasteiger partial charge in [-0.25, -0.2) is 0 Å². The van der Waals surface area contributed by atoms with Crippen LogP contribution in [0.25, 0.3) is 0 Å². The van der Waals surface area contributed by atoms with E-state index in [4.69, 9.17) is 4.74 Å². The van der Waals surface area contributed by atoms with Crippen molar-refractivity contribution in [3.63, 3.8) is 0 Å². The standard InChI is InChI=1S/C54H103NO5/c1-4-7-10-13-16-19-22-25-26-29-32-35-38-41-44-47-54(59)60-50(45-42-39-36-33-30-27-23-20-17-14-11-8-5-2)48-53(58)55-51(49-56)52(57)46-43-40-37-34-31-28-24-21-18-15-12-9-6-3/h16,19,22,25,50-52,56-57H,4-15,17-18,20-21,23-24,26-49H2,1-3H3,(H,55,58)/b19-16+,25-22+. The van der Waals surface area contributed by atoms with Crippen molar-refractivity contribution in [3.05, 3.63) is 24.3 Å². The lowest BCUT2D eigenvalue weighted by Crippen LogP contribution is -2.46. The largest absolute Gasteiger partial charge is 0.462 e. The van der Waals surface area contributed by atoms with Gasteiger partial charge in [-0.2, -0.15) is 0 Å². The minimum absolute atomic E-state index is 0.0784. The van der Waals surface area contributed by atoms with E-state index in [0.717, 1.165) is 51.4 Å². The van der Waals surface area contributed by atoms with Crippen LogP contribution in [0.5, 0.6) is 0 Å². The van der Waals surface area contributed by atoms with Gasteiger partial charge >= 0.3 is 5.97 Å². The normalized spacial score (nSPS) is 13.3. The maximum Gasteiger partial charge on any atom is 0.306 e. The van der Waals surface area contributed by atoms with E-state index in [2.05, 4.69) is 50.4 Å². The lowest BCUT2D eigenvalue weighted by atomic mass is 10.0. The van der Waals surface area contributed by atoms with Gasteiger partial charge in [0.05, 0.1) is 25.2 Å². The lowest BCUT2D eigenvalue weighted by molar-refractivity contribution is -0.151. The molecule has 0 aromatic carbocycles. The Kier molecular flexibility index (Phi) is 47.0. The van der Waals surface area contributed by atoms with E-state index >= 15 is 0 Å². The van der Waals surface area contributed by atoms with Crippen molar-refractivity contribution >= 4 is 11.9 Å². The molecule has 0 rings (SSSR count). The van der Waals surface area contributed by atoms with Crippen LogP contribution in [0, 0.1) is 0 Å². The van der Waals surface area contributed by atoms with E-state index in [0.29, 0.717) is 19.3 Å². The number of amides is 1. The van der Waals surface area contributed by atoms with Crippen molar-refractivity contribution in [1.29, 1.82) is 0 Å². The quantitative estimate of drug-likeness (QED) is 0.0322. The molecule has 0 fully saturated rings. The monoisotopic (exact) mass is 846 g/mol. The molecule has 3 N–H and O–H groups in total. The van der Waals surface area contributed by atoms with E-state index in [-0.39, 0.29) is 24.9 Å². The molecule has 3 atom stereocenters. The number of carbonyl (C=O) groups is 2. The molecule has 0 saturated carbocycles. The van der Waals surface area contributed by atoms with E-state index in [1.165, 1.54) is 186 Å². The molecule has 0 saturated heterocycles. The molecule has 0 aliphatic heterocycles. The first-order valence-electron chi connectivity index (χ1n) is 26.6. The summed E-state index contributed by atoms with van der Waals surface area (Å²) >= 11 is 0. The van der Waals surface area contributed by atoms with Crippen molar-refractivity contribution in [1.82, 2.24) is 5.32 Å². The Morgan fingerprint density at radius 2 is 0.833 bits per heavy atom. The third-order valence-electron chi connectivity index (χ3n) is 12.3. The molecule has 3 unspecified atom stereocenters. The van der Waals surface area contributed by atoms with Gasteiger partial charge in [-0.1, -0.05) is 244 Å². The second-order valence-corrected chi connectivity index (χ2v) is 18.3. The zero-order valence-corrected chi connectivity index (χ0v) is 40.4. The highest BCUT2D eigenvalue weighted by Crippen LogP contribution is 2.18. The molecule has 0 aliphatic carbocycles. The minimum Gasteiger partial charge on any atom is -0.462 e. The molecule has 0 aromatic rings. The Balaban J connectivity index is 4.55. The number of unbranched alkanes of at least 4 members (excludes halogenated alkanes) is 33. The van der Waals surface area contributed by atoms with Crippen LogP contribution in [0.2, 0.25) is 0 Å². The van der Waals surface area contributed by atoms with Gasteiger partial charge in [0, 0.05) is 6.42 Å². The molecular formula is C54H103NO5. The Morgan fingerprint density at radius 3 is 1.27 bits per heavy atom. The van der Waals surface area contributed by atoms with Gasteiger partial charge in [0.25, 0.3) is 0 Å². The maximum absolute atomic E-state index is 13.2. The van der Waals surface area contributed by atoms with Gasteiger partial charge in [-0.05, 0) is 51.4 Å². The smallest absolute Gasteiger partial charge is 0.306 e. The molecule has 0 radical (unpaired) electrons. The van der Waals surface area contributed by atoms with Crippen LogP contribution in [0.15, 0.2) is 24.3 Å². The highest BCUT2D eigenvalue weighted by molar-refractivity contribution is 5.77. The fraction of sp³-hybridized carbons (Fsp3) is 0.889. The third-order valence-corrected chi connectivity index (χ3v) is 12.3. The van der Waals surface area contributed by atoms with Crippen molar-refractivity contribution in [2.24, 2.45) is 0 Å². The predicted molar refractivity (Wildman–Crippen MR) is 260 cm³/mol. The fourth-order valence-electron chi connectivity index (χ4n) is 8.25. The van der Waals surface area contributed by atoms with Gasteiger partial charge in [0.15, 0.2) is 0 Å². The SMILES string of the molecule is CCCCC/C=C/C=C/CCCCCCCCC(=O)OC(CCCCCCCCCCCCCCC)CC(=O)NC(CO)C(O)CCCCCCCCCCCCCCC. The molecule has 1 amide bonds. The molecule has 0 bridgehead atoms. The van der Waals surface area contributed by atoms with Crippen LogP contribution in [0.3, 0.4) is 0 Å². The van der Waals surface area contributed by atoms with Gasteiger partial charge in [-0.15, -0.1) is 0 Å². The zero-order valence-electron chi connectivity index (χ0n) is 40.4. The van der Waals surface area contributed by atoms with Crippen molar-refractivity contribution in [3.8, 4) is 0 Å². The van der Waals surface area contributed by atoms with Gasteiger partial charge < -0.3 is 20.3 Å². The molecular weight excluding hydrogens is 743 g/mol. The molecule has 6 heteroatoms. The van der Waals surface area contributed by atoms with E-state index in [1.807, 2.05) is 0 Å². The van der Waals surface area contributed by atoms with Gasteiger partial charge in [0.2, 0.25) is 5.91 Å². The first kappa shape index (κ1) is 58.3. The van der Waals surface area contributed by atoms with E-state index in [9.17, 15) is 19.8 Å². The Morgan fingerprint density at radius 1 is 0.483 bits per heavy atom. The topological polar surface area (TPSA) is 95.9 Å². The van der Waals surface area contributed by atoms with Crippen LogP contribution in [0.4, 0.5) is 0 Å². The van der Waals surface area contributed by atoms with Crippen LogP contribution < -0.4 is 5.32 Å². The summed E-state index contributed by atoms with van der Waals surface area (Å²) in [6, 6.07) is -0.698. The number of carbonyl (C=O) groups excluding carboxylic acids is 2. The van der Waals surface area contributed by atoms with Gasteiger partial charge in [0.1, 0.15) is 6.10 Å². The Bertz CT molecular complexity index is 950. The maximum atomic E-state index is 13.2. The number of hydrogen-bond acceptors (Lipinski definition) is 5. The second-order valence-electron chi connectivity index (χ2n) is 18.3. The first-order chi connectivity index (χ1) is 29.5. The summed E-state index contributed by atoms with van der Waals surface area (Å²) < 4.78 is 5.94. The fourth-order valence-corrected chi connectivity index (χ4v) is 8.25. The summed E-state index contributed by atoms with van der Waals surface area (Å²) in [6.45, 7) is 6.47. The number of nitrogens with one attached hydrogen (secondary N) is 1. The highest BCUT2D eigenvalue weighted by atomic mass is 16.5. The summed E-state index contributed by atoms with van der Waals surface area (Å²) in [5.74, 6) is -0.472. The van der Waals surface area contributed by atoms with Crippen LogP contribution in [-0.2, 0) is 14.3 Å². The molecule has 6 nitrogen and oxygen atoms in total. The van der Waals surface area contributed by atoms with Crippen molar-refractivity contribution in [2.45, 2.75) is 302 Å². The average Bonchev–Trinajstić information content (AvgIpc) is 3.24. The summed E-state index contributed by atoms with van der Waals surface area (Å²) in [4.78, 5) is 26.2. The van der Waals surface area contributed by atoms with Crippen LogP contribution >= 0.6 is 0 Å². The van der Waals surface area contributed by atoms with E-state index in [1.54, 1.807) is 0 Å². The van der Waals surface area contributed by atoms with Gasteiger partial charge in [-0.3, -0.25) is 9.59 Å². The molecule has 0 aliphatic rings. The number of aliphatic hydroxyl groups excluding tert-OH is 2. The lowest BCUT2D eigenvalue weighted by Gasteiger charge is -2.24. The average molecular weight is 846 g/mol. The van der Waals surface area contributed by atoms with E-state index < -0.39 is 18.2 Å². The summed E-state index contributed by atoms with van der Waals surface area (Å²) in [5, 5.41) is 23.8. The number of hydrogen-bond donors (Lipinski definition) is 3. The van der Waals surface area contributed by atoms with Crippen molar-refractivity contribution < 1.29 is 24.5 Å². The summed E-state index contributed by atoms with van der Waals surface area (Å²) in [7, 11) is 0. The second kappa shape index (κ2) is 48.4. The molecule has 354 valence electrons. The Hall–Kier alpha value is -1.66. The predicted octanol–water partition coefficient (Wildman–Crippen LogP) is 15.9. The third kappa shape index (κ3) is 43.0. The Labute approximate surface area is 373 Å². The van der Waals surface area contributed by atoms with Crippen LogP contribution in [0.1, 0.15) is 284 Å². The number of ether oxygens (including phenoxy) is 1. The summed E-state index contributed by atoms with van der Waals surface area (Å²) in [5.41, 5.74) is 0. The summed E-state index contributed by atoms with van der Waals surface area (Å²) in [6.07, 6.45) is 55.2. The van der Waals surface area contributed by atoms with Crippen LogP contribution in [-0.4, -0.2) is 46.9 Å². The number of allylic oxidation sites excluding steroid dienone is 4. The molecule has 0 heterocycles. The van der Waals surface area contributed by atoms with Crippen molar-refractivity contribution in [2.75, 3.05) is 6.61 Å². The number of esters is 1. The first-order valence-corrected chi connectivity index (χ1v) is 26.6. The molecule has 0 spiro atoms. The zero-order chi connectivity index (χ0) is 43.8. The molecule has 0 aromatic heterocycles. The minimum atomic E-state index is -0.785. The number of aliphatic hydroxyl groups is 2. The number of rotatable bonds is 48. The highest BCUT2D eigenvalue weighted by Gasteiger charge is 2.24. The molecule has 60 heavy (non-hydrogen) atoms.